The van der Waals surface area contributed by atoms with Crippen molar-refractivity contribution in [3.05, 3.63) is 42.5 Å². The molecule has 1 fully saturated rings. The third kappa shape index (κ3) is 5.32. The zero-order valence-electron chi connectivity index (χ0n) is 15.6. The lowest BCUT2D eigenvalue weighted by Crippen LogP contribution is -2.28. The molecule has 0 spiro atoms. The normalized spacial score (nSPS) is 14.3. The molecule has 144 valence electrons. The van der Waals surface area contributed by atoms with Crippen LogP contribution in [0, 0.1) is 0 Å². The van der Waals surface area contributed by atoms with Crippen LogP contribution >= 0.6 is 11.8 Å². The number of thioether (sulfide) groups is 1. The van der Waals surface area contributed by atoms with Gasteiger partial charge in [-0.25, -0.2) is 4.68 Å². The number of amides is 1. The molecular weight excluding hydrogens is 362 g/mol. The fourth-order valence-corrected chi connectivity index (χ4v) is 3.99. The molecule has 0 radical (unpaired) electrons. The van der Waals surface area contributed by atoms with E-state index in [-0.39, 0.29) is 5.91 Å². The Morgan fingerprint density at radius 2 is 2.11 bits per heavy atom. The minimum atomic E-state index is 0.0490. The van der Waals surface area contributed by atoms with Gasteiger partial charge in [-0.2, -0.15) is 0 Å². The number of aromatic nitrogens is 4. The number of ether oxygens (including phenoxy) is 1. The molecule has 1 aliphatic carbocycles. The third-order valence-electron chi connectivity index (χ3n) is 4.59. The Labute approximate surface area is 163 Å². The highest BCUT2D eigenvalue weighted by Gasteiger charge is 2.22. The molecule has 0 saturated heterocycles. The van der Waals surface area contributed by atoms with E-state index in [2.05, 4.69) is 22.1 Å². The van der Waals surface area contributed by atoms with Gasteiger partial charge in [0.05, 0.1) is 11.8 Å². The molecule has 1 heterocycles. The first-order valence-electron chi connectivity index (χ1n) is 9.14. The summed E-state index contributed by atoms with van der Waals surface area (Å²) in [6.45, 7) is 4.66. The van der Waals surface area contributed by atoms with Crippen LogP contribution in [0.4, 0.5) is 0 Å². The molecule has 3 rings (SSSR count). The van der Waals surface area contributed by atoms with Gasteiger partial charge >= 0.3 is 0 Å². The second-order valence-corrected chi connectivity index (χ2v) is 7.57. The average Bonchev–Trinajstić information content (AvgIpc) is 3.36. The van der Waals surface area contributed by atoms with Crippen molar-refractivity contribution in [3.8, 4) is 5.75 Å². The summed E-state index contributed by atoms with van der Waals surface area (Å²) < 4.78 is 7.35. The molecular formula is C19H25N5O2S. The van der Waals surface area contributed by atoms with Crippen molar-refractivity contribution >= 4 is 17.7 Å². The van der Waals surface area contributed by atoms with Crippen LogP contribution in [0.5, 0.6) is 5.75 Å². The number of nitrogens with zero attached hydrogens (tertiary/aromatic N) is 5. The van der Waals surface area contributed by atoms with Gasteiger partial charge in [0.25, 0.3) is 0 Å². The Morgan fingerprint density at radius 3 is 2.81 bits per heavy atom. The van der Waals surface area contributed by atoms with E-state index in [1.807, 2.05) is 36.0 Å². The van der Waals surface area contributed by atoms with Gasteiger partial charge < -0.3 is 9.64 Å². The van der Waals surface area contributed by atoms with Crippen molar-refractivity contribution in [2.24, 2.45) is 0 Å². The van der Waals surface area contributed by atoms with E-state index >= 15 is 0 Å². The summed E-state index contributed by atoms with van der Waals surface area (Å²) in [5.41, 5.74) is 1.05. The highest BCUT2D eigenvalue weighted by Crippen LogP contribution is 2.31. The summed E-state index contributed by atoms with van der Waals surface area (Å²) in [5, 5.41) is 12.7. The van der Waals surface area contributed by atoms with Crippen LogP contribution in [0.3, 0.4) is 0 Å². The molecule has 0 unspecified atom stereocenters. The van der Waals surface area contributed by atoms with Gasteiger partial charge in [-0.05, 0) is 41.0 Å². The van der Waals surface area contributed by atoms with E-state index < -0.39 is 0 Å². The average molecular weight is 388 g/mol. The Balaban J connectivity index is 1.49. The maximum Gasteiger partial charge on any atom is 0.233 e. The van der Waals surface area contributed by atoms with Crippen LogP contribution < -0.4 is 4.74 Å². The molecule has 1 aromatic heterocycles. The standard InChI is InChI=1S/C19H25N5O2S/c1-3-12-26-17-10-8-15(9-11-17)13-23(2)18(25)14-27-19-20-21-22-24(19)16-6-4-5-7-16/h3,8-11,16H,1,4-7,12-14H2,2H3. The van der Waals surface area contributed by atoms with Crippen LogP contribution in [0.15, 0.2) is 42.1 Å². The van der Waals surface area contributed by atoms with Crippen LogP contribution in [0.25, 0.3) is 0 Å². The number of tetrazole rings is 1. The van der Waals surface area contributed by atoms with Crippen LogP contribution in [0.1, 0.15) is 37.3 Å². The van der Waals surface area contributed by atoms with E-state index in [1.54, 1.807) is 11.0 Å². The molecule has 2 aromatic rings. The molecule has 0 N–H and O–H groups in total. The third-order valence-corrected chi connectivity index (χ3v) is 5.51. The zero-order valence-corrected chi connectivity index (χ0v) is 16.4. The van der Waals surface area contributed by atoms with Gasteiger partial charge in [-0.3, -0.25) is 4.79 Å². The Morgan fingerprint density at radius 1 is 1.37 bits per heavy atom. The Hall–Kier alpha value is -2.35. The number of hydrogen-bond donors (Lipinski definition) is 0. The van der Waals surface area contributed by atoms with E-state index in [1.165, 1.54) is 24.6 Å². The van der Waals surface area contributed by atoms with Gasteiger partial charge in [0.1, 0.15) is 12.4 Å². The SMILES string of the molecule is C=CCOc1ccc(CN(C)C(=O)CSc2nnnn2C2CCCC2)cc1. The minimum Gasteiger partial charge on any atom is -0.490 e. The number of hydrogen-bond acceptors (Lipinski definition) is 6. The molecule has 1 aliphatic rings. The van der Waals surface area contributed by atoms with Crippen LogP contribution in [-0.2, 0) is 11.3 Å². The van der Waals surface area contributed by atoms with Gasteiger partial charge in [-0.15, -0.1) is 5.10 Å². The molecule has 1 aromatic carbocycles. The fraction of sp³-hybridized carbons (Fsp3) is 0.474. The van der Waals surface area contributed by atoms with Crippen molar-refractivity contribution < 1.29 is 9.53 Å². The highest BCUT2D eigenvalue weighted by atomic mass is 32.2. The first-order valence-corrected chi connectivity index (χ1v) is 10.1. The number of rotatable bonds is 9. The van der Waals surface area contributed by atoms with Crippen molar-refractivity contribution in [1.82, 2.24) is 25.1 Å². The predicted octanol–water partition coefficient (Wildman–Crippen LogP) is 3.10. The summed E-state index contributed by atoms with van der Waals surface area (Å²) in [6.07, 6.45) is 6.36. The lowest BCUT2D eigenvalue weighted by Gasteiger charge is -2.17. The molecule has 0 bridgehead atoms. The fourth-order valence-electron chi connectivity index (χ4n) is 3.10. The lowest BCUT2D eigenvalue weighted by atomic mass is 10.2. The summed E-state index contributed by atoms with van der Waals surface area (Å²) in [7, 11) is 1.81. The van der Waals surface area contributed by atoms with E-state index in [9.17, 15) is 4.79 Å². The Kier molecular flexibility index (Phi) is 6.86. The summed E-state index contributed by atoms with van der Waals surface area (Å²) in [6, 6.07) is 8.12. The maximum atomic E-state index is 12.5. The lowest BCUT2D eigenvalue weighted by molar-refractivity contribution is -0.127. The smallest absolute Gasteiger partial charge is 0.233 e. The molecule has 1 amide bonds. The maximum absolute atomic E-state index is 12.5. The molecule has 27 heavy (non-hydrogen) atoms. The second kappa shape index (κ2) is 9.55. The van der Waals surface area contributed by atoms with Crippen molar-refractivity contribution in [2.45, 2.75) is 43.4 Å². The topological polar surface area (TPSA) is 73.1 Å². The van der Waals surface area contributed by atoms with E-state index in [0.29, 0.717) is 24.9 Å². The monoisotopic (exact) mass is 387 g/mol. The summed E-state index contributed by atoms with van der Waals surface area (Å²) in [5.74, 6) is 1.17. The van der Waals surface area contributed by atoms with Crippen LogP contribution in [0.2, 0.25) is 0 Å². The predicted molar refractivity (Wildman–Crippen MR) is 105 cm³/mol. The molecule has 7 nitrogen and oxygen atoms in total. The first kappa shape index (κ1) is 19.4. The number of carbonyl (C=O) groups excluding carboxylic acids is 1. The molecule has 1 saturated carbocycles. The van der Waals surface area contributed by atoms with Gasteiger partial charge in [0.2, 0.25) is 11.1 Å². The van der Waals surface area contributed by atoms with E-state index in [4.69, 9.17) is 4.74 Å². The molecule has 0 aliphatic heterocycles. The van der Waals surface area contributed by atoms with Gasteiger partial charge in [0.15, 0.2) is 0 Å². The van der Waals surface area contributed by atoms with Crippen LogP contribution in [-0.4, -0.2) is 50.4 Å². The first-order chi connectivity index (χ1) is 13.2. The van der Waals surface area contributed by atoms with Gasteiger partial charge in [0, 0.05) is 13.6 Å². The second-order valence-electron chi connectivity index (χ2n) is 6.63. The Bertz CT molecular complexity index is 756. The zero-order chi connectivity index (χ0) is 19.1. The molecule has 8 heteroatoms. The quantitative estimate of drug-likeness (QED) is 0.486. The highest BCUT2D eigenvalue weighted by molar-refractivity contribution is 7.99. The summed E-state index contributed by atoms with van der Waals surface area (Å²) >= 11 is 1.41. The van der Waals surface area contributed by atoms with Crippen molar-refractivity contribution in [2.75, 3.05) is 19.4 Å². The minimum absolute atomic E-state index is 0.0490. The number of carbonyl (C=O) groups is 1. The number of benzene rings is 1. The van der Waals surface area contributed by atoms with Gasteiger partial charge in [-0.1, -0.05) is 49.4 Å². The van der Waals surface area contributed by atoms with Crippen molar-refractivity contribution in [1.29, 1.82) is 0 Å². The summed E-state index contributed by atoms with van der Waals surface area (Å²) in [4.78, 5) is 14.2. The van der Waals surface area contributed by atoms with E-state index in [0.717, 1.165) is 29.3 Å². The molecule has 0 atom stereocenters. The largest absolute Gasteiger partial charge is 0.490 e. The van der Waals surface area contributed by atoms with Crippen molar-refractivity contribution in [3.63, 3.8) is 0 Å².